The van der Waals surface area contributed by atoms with E-state index in [1.54, 1.807) is 25.4 Å². The number of nitrogens with one attached hydrogen (secondary N) is 1. The standard InChI is InChI=1S/C10H11F3N2/c1-14-9(4-5-10(11,12)13)8-3-2-6-15-7-8/h2-7,9,14H,1H3/b5-4+. The molecule has 0 spiro atoms. The zero-order chi connectivity index (χ0) is 11.3. The highest BCUT2D eigenvalue weighted by Gasteiger charge is 2.22. The number of halogens is 3. The van der Waals surface area contributed by atoms with E-state index in [1.165, 1.54) is 6.20 Å². The molecule has 1 heterocycles. The monoisotopic (exact) mass is 216 g/mol. The maximum atomic E-state index is 11.9. The molecular weight excluding hydrogens is 205 g/mol. The summed E-state index contributed by atoms with van der Waals surface area (Å²) in [4.78, 5) is 3.84. The van der Waals surface area contributed by atoms with Gasteiger partial charge in [-0.25, -0.2) is 0 Å². The van der Waals surface area contributed by atoms with Crippen molar-refractivity contribution < 1.29 is 13.2 Å². The summed E-state index contributed by atoms with van der Waals surface area (Å²) in [5, 5.41) is 2.76. The Labute approximate surface area is 85.8 Å². The van der Waals surface area contributed by atoms with Crippen LogP contribution in [0.5, 0.6) is 0 Å². The lowest BCUT2D eigenvalue weighted by atomic mass is 10.1. The van der Waals surface area contributed by atoms with Crippen LogP contribution in [0.3, 0.4) is 0 Å². The van der Waals surface area contributed by atoms with Gasteiger partial charge in [-0.3, -0.25) is 4.98 Å². The van der Waals surface area contributed by atoms with E-state index in [0.29, 0.717) is 5.56 Å². The number of alkyl halides is 3. The zero-order valence-electron chi connectivity index (χ0n) is 8.12. The third kappa shape index (κ3) is 4.12. The van der Waals surface area contributed by atoms with Crippen molar-refractivity contribution in [1.82, 2.24) is 10.3 Å². The SMILES string of the molecule is CNC(/C=C/C(F)(F)F)c1cccnc1. The lowest BCUT2D eigenvalue weighted by molar-refractivity contribution is -0.0801. The first-order valence-electron chi connectivity index (χ1n) is 4.36. The zero-order valence-corrected chi connectivity index (χ0v) is 8.12. The van der Waals surface area contributed by atoms with E-state index in [9.17, 15) is 13.2 Å². The van der Waals surface area contributed by atoms with Crippen molar-refractivity contribution in [2.75, 3.05) is 7.05 Å². The fraction of sp³-hybridized carbons (Fsp3) is 0.300. The van der Waals surface area contributed by atoms with E-state index in [2.05, 4.69) is 10.3 Å². The predicted molar refractivity (Wildman–Crippen MR) is 51.2 cm³/mol. The number of pyridine rings is 1. The third-order valence-corrected chi connectivity index (χ3v) is 1.83. The quantitative estimate of drug-likeness (QED) is 0.785. The molecule has 1 N–H and O–H groups in total. The first-order chi connectivity index (χ1) is 7.03. The number of rotatable bonds is 3. The number of likely N-dealkylation sites (N-methyl/N-ethyl adjacent to an activating group) is 1. The Bertz CT molecular complexity index is 319. The smallest absolute Gasteiger partial charge is 0.310 e. The summed E-state index contributed by atoms with van der Waals surface area (Å²) in [6, 6.07) is 2.93. The predicted octanol–water partition coefficient (Wildman–Crippen LogP) is 2.46. The second kappa shape index (κ2) is 4.93. The van der Waals surface area contributed by atoms with Crippen molar-refractivity contribution in [2.24, 2.45) is 0 Å². The van der Waals surface area contributed by atoms with Crippen molar-refractivity contribution >= 4 is 0 Å². The molecular formula is C10H11F3N2. The van der Waals surface area contributed by atoms with Gasteiger partial charge in [0.25, 0.3) is 0 Å². The molecule has 15 heavy (non-hydrogen) atoms. The minimum Gasteiger partial charge on any atom is -0.310 e. The molecule has 0 saturated heterocycles. The van der Waals surface area contributed by atoms with Crippen molar-refractivity contribution in [3.63, 3.8) is 0 Å². The maximum Gasteiger partial charge on any atom is 0.409 e. The average Bonchev–Trinajstić information content (AvgIpc) is 2.19. The van der Waals surface area contributed by atoms with Crippen LogP contribution < -0.4 is 5.32 Å². The molecule has 1 aromatic rings. The number of hydrogen-bond acceptors (Lipinski definition) is 2. The van der Waals surface area contributed by atoms with E-state index in [4.69, 9.17) is 0 Å². The average molecular weight is 216 g/mol. The van der Waals surface area contributed by atoms with Crippen LogP contribution >= 0.6 is 0 Å². The lowest BCUT2D eigenvalue weighted by Crippen LogP contribution is -2.15. The fourth-order valence-electron chi connectivity index (χ4n) is 1.14. The van der Waals surface area contributed by atoms with Gasteiger partial charge in [0.15, 0.2) is 0 Å². The van der Waals surface area contributed by atoms with Gasteiger partial charge in [0.2, 0.25) is 0 Å². The number of aromatic nitrogens is 1. The molecule has 5 heteroatoms. The van der Waals surface area contributed by atoms with Gasteiger partial charge in [-0.05, 0) is 18.7 Å². The Morgan fingerprint density at radius 2 is 2.20 bits per heavy atom. The molecule has 0 fully saturated rings. The number of nitrogens with zero attached hydrogens (tertiary/aromatic N) is 1. The topological polar surface area (TPSA) is 24.9 Å². The molecule has 0 radical (unpaired) electrons. The first kappa shape index (κ1) is 11.7. The molecule has 0 aromatic carbocycles. The van der Waals surface area contributed by atoms with Gasteiger partial charge in [-0.2, -0.15) is 13.2 Å². The van der Waals surface area contributed by atoms with E-state index in [0.717, 1.165) is 6.08 Å². The molecule has 0 aliphatic rings. The van der Waals surface area contributed by atoms with Crippen LogP contribution in [0.1, 0.15) is 11.6 Å². The summed E-state index contributed by atoms with van der Waals surface area (Å²) in [6.07, 6.45) is 0.112. The molecule has 0 aliphatic carbocycles. The molecule has 2 nitrogen and oxygen atoms in total. The second-order valence-electron chi connectivity index (χ2n) is 2.95. The van der Waals surface area contributed by atoms with Crippen molar-refractivity contribution in [2.45, 2.75) is 12.2 Å². The molecule has 1 aromatic heterocycles. The third-order valence-electron chi connectivity index (χ3n) is 1.83. The minimum absolute atomic E-state index is 0.223. The van der Waals surface area contributed by atoms with E-state index < -0.39 is 12.2 Å². The Kier molecular flexibility index (Phi) is 3.85. The second-order valence-corrected chi connectivity index (χ2v) is 2.95. The van der Waals surface area contributed by atoms with Gasteiger partial charge in [0.05, 0.1) is 6.04 Å². The number of hydrogen-bond donors (Lipinski definition) is 1. The fourth-order valence-corrected chi connectivity index (χ4v) is 1.14. The van der Waals surface area contributed by atoms with Crippen LogP contribution in [0.4, 0.5) is 13.2 Å². The van der Waals surface area contributed by atoms with Crippen molar-refractivity contribution in [3.05, 3.63) is 42.2 Å². The normalized spacial score (nSPS) is 14.4. The Morgan fingerprint density at radius 1 is 1.47 bits per heavy atom. The summed E-state index contributed by atoms with van der Waals surface area (Å²) in [5.41, 5.74) is 0.695. The lowest BCUT2D eigenvalue weighted by Gasteiger charge is -2.11. The van der Waals surface area contributed by atoms with Crippen LogP contribution in [0.15, 0.2) is 36.7 Å². The molecule has 0 amide bonds. The van der Waals surface area contributed by atoms with Gasteiger partial charge in [0, 0.05) is 18.5 Å². The van der Waals surface area contributed by atoms with Crippen LogP contribution in [-0.2, 0) is 0 Å². The van der Waals surface area contributed by atoms with E-state index in [-0.39, 0.29) is 6.08 Å². The molecule has 0 bridgehead atoms. The summed E-state index contributed by atoms with van der Waals surface area (Å²) >= 11 is 0. The van der Waals surface area contributed by atoms with Crippen molar-refractivity contribution in [1.29, 1.82) is 0 Å². The number of allylic oxidation sites excluding steroid dienone is 1. The van der Waals surface area contributed by atoms with Gasteiger partial charge in [0.1, 0.15) is 0 Å². The summed E-state index contributed by atoms with van der Waals surface area (Å²) < 4.78 is 35.8. The van der Waals surface area contributed by atoms with Gasteiger partial charge in [-0.15, -0.1) is 0 Å². The van der Waals surface area contributed by atoms with E-state index >= 15 is 0 Å². The van der Waals surface area contributed by atoms with Gasteiger partial charge in [-0.1, -0.05) is 12.1 Å². The highest BCUT2D eigenvalue weighted by molar-refractivity contribution is 5.19. The Morgan fingerprint density at radius 3 is 2.67 bits per heavy atom. The van der Waals surface area contributed by atoms with Gasteiger partial charge >= 0.3 is 6.18 Å². The maximum absolute atomic E-state index is 11.9. The van der Waals surface area contributed by atoms with Gasteiger partial charge < -0.3 is 5.32 Å². The first-order valence-corrected chi connectivity index (χ1v) is 4.36. The molecule has 1 atom stereocenters. The molecule has 0 aliphatic heterocycles. The molecule has 82 valence electrons. The highest BCUT2D eigenvalue weighted by Crippen LogP contribution is 2.19. The van der Waals surface area contributed by atoms with Crippen LogP contribution in [0, 0.1) is 0 Å². The molecule has 0 saturated carbocycles. The summed E-state index contributed by atoms with van der Waals surface area (Å²) in [6.45, 7) is 0. The van der Waals surface area contributed by atoms with Crippen LogP contribution in [0.2, 0.25) is 0 Å². The minimum atomic E-state index is -4.28. The van der Waals surface area contributed by atoms with Crippen LogP contribution in [-0.4, -0.2) is 18.2 Å². The summed E-state index contributed by atoms with van der Waals surface area (Å²) in [5.74, 6) is 0. The van der Waals surface area contributed by atoms with Crippen LogP contribution in [0.25, 0.3) is 0 Å². The largest absolute Gasteiger partial charge is 0.409 e. The van der Waals surface area contributed by atoms with E-state index in [1.807, 2.05) is 0 Å². The molecule has 1 unspecified atom stereocenters. The Hall–Kier alpha value is -1.36. The highest BCUT2D eigenvalue weighted by atomic mass is 19.4. The molecule has 1 rings (SSSR count). The summed E-state index contributed by atoms with van der Waals surface area (Å²) in [7, 11) is 1.60. The van der Waals surface area contributed by atoms with Crippen molar-refractivity contribution in [3.8, 4) is 0 Å². The Balaban J connectivity index is 2.78.